The predicted octanol–water partition coefficient (Wildman–Crippen LogP) is 2.45. The molecule has 5 heteroatoms. The Hall–Kier alpha value is -2.14. The maximum Gasteiger partial charge on any atom is 0.239 e. The fourth-order valence-corrected chi connectivity index (χ4v) is 3.42. The van der Waals surface area contributed by atoms with E-state index >= 15 is 0 Å². The Bertz CT molecular complexity index is 682. The number of rotatable bonds is 5. The van der Waals surface area contributed by atoms with Gasteiger partial charge < -0.3 is 15.2 Å². The van der Waals surface area contributed by atoms with E-state index in [1.165, 1.54) is 12.0 Å². The molecule has 0 saturated carbocycles. The van der Waals surface area contributed by atoms with Crippen molar-refractivity contribution < 1.29 is 4.79 Å². The summed E-state index contributed by atoms with van der Waals surface area (Å²) in [4.78, 5) is 19.0. The predicted molar refractivity (Wildman–Crippen MR) is 99.0 cm³/mol. The van der Waals surface area contributed by atoms with Crippen LogP contribution in [0.4, 0.5) is 0 Å². The van der Waals surface area contributed by atoms with Crippen molar-refractivity contribution in [2.24, 2.45) is 11.7 Å². The van der Waals surface area contributed by atoms with Gasteiger partial charge in [-0.25, -0.2) is 4.98 Å². The fourth-order valence-electron chi connectivity index (χ4n) is 3.42. The highest BCUT2D eigenvalue weighted by Crippen LogP contribution is 2.17. The highest BCUT2D eigenvalue weighted by molar-refractivity contribution is 5.81. The number of hydrogen-bond acceptors (Lipinski definition) is 3. The second kappa shape index (κ2) is 8.30. The summed E-state index contributed by atoms with van der Waals surface area (Å²) < 4.78 is 2.04. The van der Waals surface area contributed by atoms with Crippen LogP contribution in [0.25, 0.3) is 0 Å². The van der Waals surface area contributed by atoms with E-state index in [9.17, 15) is 4.79 Å². The van der Waals surface area contributed by atoms with E-state index in [1.54, 1.807) is 0 Å². The summed E-state index contributed by atoms with van der Waals surface area (Å²) in [7, 11) is 0. The second-order valence-corrected chi connectivity index (χ2v) is 7.19. The molecule has 3 rings (SSSR count). The Kier molecular flexibility index (Phi) is 5.87. The van der Waals surface area contributed by atoms with Gasteiger partial charge in [-0.3, -0.25) is 4.79 Å². The standard InChI is InChI=1S/C20H28N4O/c1-16-6-5-10-24(11-9-16)20(25)19(21)12-18-14-23(15-22-18)13-17-7-3-2-4-8-17/h2-4,7-8,14-16,19H,5-6,9-13,21H2,1H3/t16?,19-/m0/s1. The summed E-state index contributed by atoms with van der Waals surface area (Å²) in [6.45, 7) is 4.70. The minimum absolute atomic E-state index is 0.0618. The summed E-state index contributed by atoms with van der Waals surface area (Å²) in [6.07, 6.45) is 7.64. The van der Waals surface area contributed by atoms with E-state index in [2.05, 4.69) is 24.0 Å². The molecule has 1 aliphatic heterocycles. The molecule has 1 unspecified atom stereocenters. The second-order valence-electron chi connectivity index (χ2n) is 7.19. The first-order chi connectivity index (χ1) is 12.1. The average Bonchev–Trinajstić information content (AvgIpc) is 2.92. The van der Waals surface area contributed by atoms with Gasteiger partial charge in [-0.1, -0.05) is 37.3 Å². The molecule has 25 heavy (non-hydrogen) atoms. The Morgan fingerprint density at radius 2 is 2.08 bits per heavy atom. The molecular formula is C20H28N4O. The van der Waals surface area contributed by atoms with E-state index < -0.39 is 6.04 Å². The van der Waals surface area contributed by atoms with Gasteiger partial charge in [0, 0.05) is 32.3 Å². The molecule has 0 spiro atoms. The highest BCUT2D eigenvalue weighted by atomic mass is 16.2. The molecule has 2 heterocycles. The van der Waals surface area contributed by atoms with Gasteiger partial charge in [0.15, 0.2) is 0 Å². The smallest absolute Gasteiger partial charge is 0.239 e. The first kappa shape index (κ1) is 17.7. The third-order valence-electron chi connectivity index (χ3n) is 4.97. The molecule has 1 aromatic heterocycles. The minimum Gasteiger partial charge on any atom is -0.341 e. The Labute approximate surface area is 149 Å². The van der Waals surface area contributed by atoms with Crippen LogP contribution >= 0.6 is 0 Å². The van der Waals surface area contributed by atoms with Crippen molar-refractivity contribution in [1.82, 2.24) is 14.5 Å². The van der Waals surface area contributed by atoms with E-state index in [0.29, 0.717) is 12.3 Å². The molecule has 0 bridgehead atoms. The van der Waals surface area contributed by atoms with Crippen LogP contribution in [0.2, 0.25) is 0 Å². The molecule has 0 aliphatic carbocycles. The highest BCUT2D eigenvalue weighted by Gasteiger charge is 2.24. The molecule has 2 aromatic rings. The molecule has 134 valence electrons. The molecule has 5 nitrogen and oxygen atoms in total. The Balaban J connectivity index is 1.55. The molecule has 1 fully saturated rings. The van der Waals surface area contributed by atoms with Gasteiger partial charge in [0.2, 0.25) is 5.91 Å². The number of hydrogen-bond donors (Lipinski definition) is 1. The van der Waals surface area contributed by atoms with Gasteiger partial charge in [-0.15, -0.1) is 0 Å². The van der Waals surface area contributed by atoms with Crippen molar-refractivity contribution >= 4 is 5.91 Å². The lowest BCUT2D eigenvalue weighted by Crippen LogP contribution is -2.45. The van der Waals surface area contributed by atoms with Gasteiger partial charge in [0.25, 0.3) is 0 Å². The zero-order chi connectivity index (χ0) is 17.6. The van der Waals surface area contributed by atoms with Crippen molar-refractivity contribution in [3.05, 3.63) is 54.1 Å². The number of carbonyl (C=O) groups excluding carboxylic acids is 1. The molecule has 2 atom stereocenters. The third kappa shape index (κ3) is 4.92. The van der Waals surface area contributed by atoms with Crippen LogP contribution in [0.15, 0.2) is 42.9 Å². The number of benzene rings is 1. The lowest BCUT2D eigenvalue weighted by Gasteiger charge is -2.23. The summed E-state index contributed by atoms with van der Waals surface area (Å²) in [5.74, 6) is 0.759. The molecule has 1 aromatic carbocycles. The van der Waals surface area contributed by atoms with Gasteiger partial charge >= 0.3 is 0 Å². The van der Waals surface area contributed by atoms with Crippen molar-refractivity contribution in [2.45, 2.75) is 45.2 Å². The number of nitrogens with two attached hydrogens (primary N) is 1. The number of aromatic nitrogens is 2. The lowest BCUT2D eigenvalue weighted by atomic mass is 10.0. The minimum atomic E-state index is -0.506. The van der Waals surface area contributed by atoms with Crippen LogP contribution in [0.3, 0.4) is 0 Å². The number of amides is 1. The first-order valence-electron chi connectivity index (χ1n) is 9.21. The van der Waals surface area contributed by atoms with Gasteiger partial charge in [-0.2, -0.15) is 0 Å². The van der Waals surface area contributed by atoms with Crippen LogP contribution in [-0.4, -0.2) is 39.5 Å². The quantitative estimate of drug-likeness (QED) is 0.909. The molecule has 1 saturated heterocycles. The maximum absolute atomic E-state index is 12.6. The SMILES string of the molecule is CC1CCCN(C(=O)[C@@H](N)Cc2cn(Cc3ccccc3)cn2)CC1. The maximum atomic E-state index is 12.6. The summed E-state index contributed by atoms with van der Waals surface area (Å²) in [5.41, 5.74) is 8.29. The van der Waals surface area contributed by atoms with Gasteiger partial charge in [0.05, 0.1) is 18.1 Å². The third-order valence-corrected chi connectivity index (χ3v) is 4.97. The lowest BCUT2D eigenvalue weighted by molar-refractivity contribution is -0.132. The van der Waals surface area contributed by atoms with E-state index in [1.807, 2.05) is 40.2 Å². The molecule has 1 amide bonds. The number of carbonyl (C=O) groups is 1. The molecule has 1 aliphatic rings. The monoisotopic (exact) mass is 340 g/mol. The summed E-state index contributed by atoms with van der Waals surface area (Å²) in [5, 5.41) is 0. The van der Waals surface area contributed by atoms with Crippen LogP contribution in [0.5, 0.6) is 0 Å². The molecule has 0 radical (unpaired) electrons. The topological polar surface area (TPSA) is 64.2 Å². The van der Waals surface area contributed by atoms with Crippen molar-refractivity contribution in [3.63, 3.8) is 0 Å². The fraction of sp³-hybridized carbons (Fsp3) is 0.500. The normalized spacial score (nSPS) is 19.4. The van der Waals surface area contributed by atoms with E-state index in [4.69, 9.17) is 5.73 Å². The van der Waals surface area contributed by atoms with Crippen molar-refractivity contribution in [2.75, 3.05) is 13.1 Å². The molecule has 2 N–H and O–H groups in total. The van der Waals surface area contributed by atoms with Crippen molar-refractivity contribution in [1.29, 1.82) is 0 Å². The van der Waals surface area contributed by atoms with Gasteiger partial charge in [-0.05, 0) is 30.7 Å². The van der Waals surface area contributed by atoms with Crippen LogP contribution < -0.4 is 5.73 Å². The summed E-state index contributed by atoms with van der Waals surface area (Å²) >= 11 is 0. The zero-order valence-corrected chi connectivity index (χ0v) is 15.0. The zero-order valence-electron chi connectivity index (χ0n) is 15.0. The largest absolute Gasteiger partial charge is 0.341 e. The first-order valence-corrected chi connectivity index (χ1v) is 9.21. The van der Waals surface area contributed by atoms with E-state index in [0.717, 1.165) is 38.2 Å². The number of imidazole rings is 1. The van der Waals surface area contributed by atoms with Gasteiger partial charge in [0.1, 0.15) is 0 Å². The van der Waals surface area contributed by atoms with Crippen molar-refractivity contribution in [3.8, 4) is 0 Å². The Morgan fingerprint density at radius 1 is 1.28 bits per heavy atom. The summed E-state index contributed by atoms with van der Waals surface area (Å²) in [6, 6.07) is 9.75. The van der Waals surface area contributed by atoms with Crippen LogP contribution in [0, 0.1) is 5.92 Å². The number of likely N-dealkylation sites (tertiary alicyclic amines) is 1. The Morgan fingerprint density at radius 3 is 2.88 bits per heavy atom. The number of nitrogens with zero attached hydrogens (tertiary/aromatic N) is 3. The van der Waals surface area contributed by atoms with Crippen LogP contribution in [-0.2, 0) is 17.8 Å². The van der Waals surface area contributed by atoms with E-state index in [-0.39, 0.29) is 5.91 Å². The molecular weight excluding hydrogens is 312 g/mol. The van der Waals surface area contributed by atoms with Crippen LogP contribution in [0.1, 0.15) is 37.4 Å². The average molecular weight is 340 g/mol.